The van der Waals surface area contributed by atoms with Gasteiger partial charge >= 0.3 is 0 Å². The Hall–Kier alpha value is -0.710. The molecule has 18 heavy (non-hydrogen) atoms. The Morgan fingerprint density at radius 1 is 1.33 bits per heavy atom. The molecule has 0 aromatic carbocycles. The fourth-order valence-electron chi connectivity index (χ4n) is 2.22. The van der Waals surface area contributed by atoms with Gasteiger partial charge in [-0.3, -0.25) is 0 Å². The van der Waals surface area contributed by atoms with Crippen LogP contribution in [0.25, 0.3) is 0 Å². The first-order valence-corrected chi connectivity index (χ1v) is 8.14. The molecular formula is C14H17NOS2. The van der Waals surface area contributed by atoms with Crippen molar-refractivity contribution in [1.82, 2.24) is 0 Å². The van der Waals surface area contributed by atoms with Crippen LogP contribution in [0.5, 0.6) is 0 Å². The van der Waals surface area contributed by atoms with Crippen LogP contribution < -0.4 is 5.73 Å². The predicted octanol–water partition coefficient (Wildman–Crippen LogP) is 3.80. The van der Waals surface area contributed by atoms with E-state index < -0.39 is 0 Å². The SMILES string of the molecule is Cc1cc(C(N)c2cc3c(s2)CCSC3)oc1C. The van der Waals surface area contributed by atoms with Crippen LogP contribution in [0.3, 0.4) is 0 Å². The summed E-state index contributed by atoms with van der Waals surface area (Å²) in [6.07, 6.45) is 1.19. The highest BCUT2D eigenvalue weighted by Crippen LogP contribution is 2.36. The highest BCUT2D eigenvalue weighted by molar-refractivity contribution is 7.98. The molecular weight excluding hydrogens is 262 g/mol. The van der Waals surface area contributed by atoms with E-state index in [1.165, 1.54) is 33.1 Å². The molecule has 2 aromatic rings. The Kier molecular flexibility index (Phi) is 3.26. The number of thiophene rings is 1. The van der Waals surface area contributed by atoms with E-state index in [0.29, 0.717) is 0 Å². The number of furan rings is 1. The van der Waals surface area contributed by atoms with Gasteiger partial charge in [-0.25, -0.2) is 0 Å². The van der Waals surface area contributed by atoms with Crippen LogP contribution >= 0.6 is 23.1 Å². The molecule has 0 aliphatic carbocycles. The average molecular weight is 279 g/mol. The fourth-order valence-corrected chi connectivity index (χ4v) is 4.60. The monoisotopic (exact) mass is 279 g/mol. The number of rotatable bonds is 2. The largest absolute Gasteiger partial charge is 0.464 e. The second kappa shape index (κ2) is 4.76. The van der Waals surface area contributed by atoms with Gasteiger partial charge in [0.15, 0.2) is 0 Å². The lowest BCUT2D eigenvalue weighted by Crippen LogP contribution is -2.08. The van der Waals surface area contributed by atoms with Gasteiger partial charge in [0.2, 0.25) is 0 Å². The number of nitrogens with two attached hydrogens (primary N) is 1. The Balaban J connectivity index is 1.92. The zero-order chi connectivity index (χ0) is 12.7. The summed E-state index contributed by atoms with van der Waals surface area (Å²) >= 11 is 3.86. The Morgan fingerprint density at radius 3 is 2.83 bits per heavy atom. The quantitative estimate of drug-likeness (QED) is 0.909. The van der Waals surface area contributed by atoms with Crippen LogP contribution in [0.1, 0.15) is 38.4 Å². The van der Waals surface area contributed by atoms with Crippen molar-refractivity contribution in [1.29, 1.82) is 0 Å². The van der Waals surface area contributed by atoms with Crippen LogP contribution in [0, 0.1) is 13.8 Å². The third-order valence-electron chi connectivity index (χ3n) is 3.44. The Labute approximate surface area is 116 Å². The van der Waals surface area contributed by atoms with Crippen molar-refractivity contribution in [2.24, 2.45) is 5.73 Å². The molecule has 1 aliphatic heterocycles. The maximum atomic E-state index is 6.32. The van der Waals surface area contributed by atoms with Crippen molar-refractivity contribution in [3.8, 4) is 0 Å². The number of fused-ring (bicyclic) bond motifs is 1. The summed E-state index contributed by atoms with van der Waals surface area (Å²) in [5.41, 5.74) is 8.97. The van der Waals surface area contributed by atoms with Gasteiger partial charge in [-0.1, -0.05) is 0 Å². The lowest BCUT2D eigenvalue weighted by atomic mass is 10.1. The van der Waals surface area contributed by atoms with Crippen LogP contribution in [-0.4, -0.2) is 5.75 Å². The fraction of sp³-hybridized carbons (Fsp3) is 0.429. The van der Waals surface area contributed by atoms with Gasteiger partial charge in [-0.05, 0) is 49.3 Å². The van der Waals surface area contributed by atoms with Crippen molar-refractivity contribution in [3.63, 3.8) is 0 Å². The summed E-state index contributed by atoms with van der Waals surface area (Å²) in [7, 11) is 0. The van der Waals surface area contributed by atoms with Gasteiger partial charge < -0.3 is 10.2 Å². The Bertz CT molecular complexity index is 527. The second-order valence-electron chi connectivity index (χ2n) is 4.77. The third kappa shape index (κ3) is 2.13. The molecule has 1 atom stereocenters. The molecule has 2 nitrogen and oxygen atoms in total. The van der Waals surface area contributed by atoms with E-state index >= 15 is 0 Å². The first-order chi connectivity index (χ1) is 8.65. The van der Waals surface area contributed by atoms with Crippen LogP contribution in [0.2, 0.25) is 0 Å². The minimum absolute atomic E-state index is 0.113. The molecule has 96 valence electrons. The summed E-state index contributed by atoms with van der Waals surface area (Å²) in [5.74, 6) is 4.23. The highest BCUT2D eigenvalue weighted by atomic mass is 32.2. The van der Waals surface area contributed by atoms with E-state index in [9.17, 15) is 0 Å². The number of aryl methyl sites for hydroxylation is 3. The standard InChI is InChI=1S/C14H17NOS2/c1-8-5-11(16-9(8)2)14(15)13-6-10-7-17-4-3-12(10)18-13/h5-6,14H,3-4,7,15H2,1-2H3. The van der Waals surface area contributed by atoms with E-state index in [4.69, 9.17) is 10.2 Å². The summed E-state index contributed by atoms with van der Waals surface area (Å²) in [6, 6.07) is 4.22. The lowest BCUT2D eigenvalue weighted by molar-refractivity contribution is 0.466. The van der Waals surface area contributed by atoms with Crippen LogP contribution in [0.4, 0.5) is 0 Å². The molecule has 0 saturated heterocycles. The molecule has 0 radical (unpaired) electrons. The van der Waals surface area contributed by atoms with Gasteiger partial charge in [-0.15, -0.1) is 11.3 Å². The third-order valence-corrected chi connectivity index (χ3v) is 5.77. The topological polar surface area (TPSA) is 39.2 Å². The molecule has 0 spiro atoms. The summed E-state index contributed by atoms with van der Waals surface area (Å²) in [5, 5.41) is 0. The minimum Gasteiger partial charge on any atom is -0.464 e. The summed E-state index contributed by atoms with van der Waals surface area (Å²) in [4.78, 5) is 2.75. The molecule has 0 amide bonds. The molecule has 0 bridgehead atoms. The van der Waals surface area contributed by atoms with E-state index in [2.05, 4.69) is 19.1 Å². The lowest BCUT2D eigenvalue weighted by Gasteiger charge is -2.08. The van der Waals surface area contributed by atoms with Crippen molar-refractivity contribution < 1.29 is 4.42 Å². The smallest absolute Gasteiger partial charge is 0.126 e. The molecule has 4 heteroatoms. The van der Waals surface area contributed by atoms with Gasteiger partial charge in [0.05, 0.1) is 6.04 Å². The van der Waals surface area contributed by atoms with Gasteiger partial charge in [0.1, 0.15) is 11.5 Å². The normalized spacial score (nSPS) is 16.6. The molecule has 1 unspecified atom stereocenters. The van der Waals surface area contributed by atoms with Crippen molar-refractivity contribution in [2.45, 2.75) is 32.1 Å². The highest BCUT2D eigenvalue weighted by Gasteiger charge is 2.20. The molecule has 0 fully saturated rings. The molecule has 2 aromatic heterocycles. The van der Waals surface area contributed by atoms with Crippen molar-refractivity contribution in [3.05, 3.63) is 44.5 Å². The summed E-state index contributed by atoms with van der Waals surface area (Å²) < 4.78 is 5.74. The summed E-state index contributed by atoms with van der Waals surface area (Å²) in [6.45, 7) is 4.05. The van der Waals surface area contributed by atoms with Gasteiger partial charge in [0.25, 0.3) is 0 Å². The second-order valence-corrected chi connectivity index (χ2v) is 7.04. The molecule has 3 heterocycles. The first kappa shape index (κ1) is 12.3. The maximum absolute atomic E-state index is 6.32. The number of hydrogen-bond acceptors (Lipinski definition) is 4. The molecule has 2 N–H and O–H groups in total. The van der Waals surface area contributed by atoms with Crippen LogP contribution in [-0.2, 0) is 12.2 Å². The van der Waals surface area contributed by atoms with E-state index in [1.807, 2.05) is 30.0 Å². The van der Waals surface area contributed by atoms with Gasteiger partial charge in [-0.2, -0.15) is 11.8 Å². The minimum atomic E-state index is -0.113. The van der Waals surface area contributed by atoms with Crippen molar-refractivity contribution >= 4 is 23.1 Å². The molecule has 3 rings (SSSR count). The van der Waals surface area contributed by atoms with E-state index in [1.54, 1.807) is 0 Å². The Morgan fingerprint density at radius 2 is 2.17 bits per heavy atom. The average Bonchev–Trinajstić information content (AvgIpc) is 2.93. The predicted molar refractivity (Wildman–Crippen MR) is 78.4 cm³/mol. The maximum Gasteiger partial charge on any atom is 0.126 e. The van der Waals surface area contributed by atoms with Crippen LogP contribution in [0.15, 0.2) is 16.5 Å². The number of thioether (sulfide) groups is 1. The van der Waals surface area contributed by atoms with E-state index in [0.717, 1.165) is 17.3 Å². The zero-order valence-corrected chi connectivity index (χ0v) is 12.3. The van der Waals surface area contributed by atoms with Gasteiger partial charge in [0, 0.05) is 15.5 Å². The zero-order valence-electron chi connectivity index (χ0n) is 10.7. The first-order valence-electron chi connectivity index (χ1n) is 6.17. The number of hydrogen-bond donors (Lipinski definition) is 1. The van der Waals surface area contributed by atoms with Crippen molar-refractivity contribution in [2.75, 3.05) is 5.75 Å². The molecule has 1 aliphatic rings. The van der Waals surface area contributed by atoms with E-state index in [-0.39, 0.29) is 6.04 Å². The molecule has 0 saturated carbocycles.